The number of ether oxygens (including phenoxy) is 1. The average molecular weight is 539 g/mol. The summed E-state index contributed by atoms with van der Waals surface area (Å²) in [4.78, 5) is 17.9. The molecule has 2 saturated carbocycles. The summed E-state index contributed by atoms with van der Waals surface area (Å²) in [5.41, 5.74) is 1.26. The van der Waals surface area contributed by atoms with Crippen LogP contribution in [0.15, 0.2) is 40.9 Å². The molecule has 3 aliphatic carbocycles. The number of aromatic hydroxyl groups is 1. The van der Waals surface area contributed by atoms with E-state index >= 15 is 0 Å². The van der Waals surface area contributed by atoms with Crippen LogP contribution in [0, 0.1) is 5.92 Å². The molecule has 2 aromatic rings. The summed E-state index contributed by atoms with van der Waals surface area (Å²) in [6.07, 6.45) is 5.03. The molecule has 2 aromatic carbocycles. The summed E-state index contributed by atoms with van der Waals surface area (Å²) in [6.45, 7) is 1.97. The van der Waals surface area contributed by atoms with E-state index in [-0.39, 0.29) is 23.7 Å². The normalized spacial score (nSPS) is 34.8. The fourth-order valence-corrected chi connectivity index (χ4v) is 8.06. The molecule has 3 fully saturated rings. The Hall–Kier alpha value is -2.09. The summed E-state index contributed by atoms with van der Waals surface area (Å²) in [7, 11) is 1.85. The van der Waals surface area contributed by atoms with Gasteiger partial charge in [0.25, 0.3) is 5.91 Å². The third-order valence-electron chi connectivity index (χ3n) is 9.64. The number of piperidine rings is 1. The molecule has 0 radical (unpaired) electrons. The van der Waals surface area contributed by atoms with E-state index in [1.807, 2.05) is 42.3 Å². The summed E-state index contributed by atoms with van der Waals surface area (Å²) >= 11 is 3.45. The van der Waals surface area contributed by atoms with E-state index < -0.39 is 17.1 Å². The van der Waals surface area contributed by atoms with Crippen LogP contribution in [0.5, 0.6) is 11.5 Å². The average Bonchev–Trinajstić information content (AvgIpc) is 3.59. The van der Waals surface area contributed by atoms with E-state index in [9.17, 15) is 15.0 Å². The lowest BCUT2D eigenvalue weighted by atomic mass is 9.48. The topological polar surface area (TPSA) is 73.2 Å². The van der Waals surface area contributed by atoms with E-state index in [1.54, 1.807) is 6.07 Å². The van der Waals surface area contributed by atoms with Crippen molar-refractivity contribution in [3.8, 4) is 11.5 Å². The number of hydrogen-bond acceptors (Lipinski definition) is 5. The number of rotatable bonds is 4. The molecule has 2 heterocycles. The molecule has 1 amide bonds. The van der Waals surface area contributed by atoms with Gasteiger partial charge in [-0.1, -0.05) is 22.0 Å². The summed E-state index contributed by atoms with van der Waals surface area (Å²) in [6, 6.07) is 11.0. The van der Waals surface area contributed by atoms with Crippen LogP contribution in [0.25, 0.3) is 0 Å². The Bertz CT molecular complexity index is 1210. The maximum absolute atomic E-state index is 13.5. The number of carbonyl (C=O) groups is 1. The molecular formula is C28H31BrN2O4. The van der Waals surface area contributed by atoms with Crippen LogP contribution in [0.4, 0.5) is 0 Å². The number of benzene rings is 2. The van der Waals surface area contributed by atoms with Crippen molar-refractivity contribution >= 4 is 21.8 Å². The summed E-state index contributed by atoms with van der Waals surface area (Å²) in [5.74, 6) is 1.36. The highest BCUT2D eigenvalue weighted by molar-refractivity contribution is 9.10. The molecule has 1 spiro atoms. The Labute approximate surface area is 214 Å². The molecule has 5 atom stereocenters. The standard InChI is InChI=1S/C28H31BrN2O4/c1-30(26(33)17-4-7-19(29)8-5-17)20-10-11-28(34)22-14-18-6-9-21(32)24-23(18)27(28,25(20)35-24)12-13-31(22)15-16-2-3-16/h4-9,16,20,22,25,32,34H,2-3,10-15H2,1H3/t20-,22+,25-,27?,28+/m0/s1. The second-order valence-corrected chi connectivity index (χ2v) is 12.2. The molecule has 184 valence electrons. The number of amides is 1. The maximum Gasteiger partial charge on any atom is 0.253 e. The number of aliphatic hydroxyl groups is 1. The van der Waals surface area contributed by atoms with Crippen LogP contribution < -0.4 is 4.74 Å². The molecular weight excluding hydrogens is 508 g/mol. The molecule has 2 bridgehead atoms. The van der Waals surface area contributed by atoms with Gasteiger partial charge >= 0.3 is 0 Å². The number of likely N-dealkylation sites (N-methyl/N-ethyl adjacent to an activating group) is 1. The highest BCUT2D eigenvalue weighted by atomic mass is 79.9. The molecule has 6 nitrogen and oxygen atoms in total. The number of likely N-dealkylation sites (tertiary alicyclic amines) is 1. The zero-order chi connectivity index (χ0) is 24.1. The molecule has 0 aromatic heterocycles. The van der Waals surface area contributed by atoms with Crippen LogP contribution >= 0.6 is 15.9 Å². The van der Waals surface area contributed by atoms with E-state index in [0.717, 1.165) is 41.9 Å². The van der Waals surface area contributed by atoms with Gasteiger partial charge in [-0.3, -0.25) is 9.69 Å². The SMILES string of the molecule is CN(C(=O)c1ccc(Br)cc1)[C@H]1CC[C@@]2(O)[C@H]3Cc4ccc(O)c5c4C2(CCN3CC2CC2)[C@H]1O5. The van der Waals surface area contributed by atoms with Gasteiger partial charge in [0.15, 0.2) is 11.5 Å². The lowest BCUT2D eigenvalue weighted by Crippen LogP contribution is -2.78. The fourth-order valence-electron chi connectivity index (χ4n) is 7.80. The molecule has 7 rings (SSSR count). The van der Waals surface area contributed by atoms with Crippen molar-refractivity contribution < 1.29 is 19.7 Å². The predicted molar refractivity (Wildman–Crippen MR) is 135 cm³/mol. The van der Waals surface area contributed by atoms with Crippen molar-refractivity contribution in [1.82, 2.24) is 9.80 Å². The molecule has 2 N–H and O–H groups in total. The van der Waals surface area contributed by atoms with E-state index in [4.69, 9.17) is 4.74 Å². The highest BCUT2D eigenvalue weighted by Crippen LogP contribution is 2.66. The first-order chi connectivity index (χ1) is 16.8. The Morgan fingerprint density at radius 3 is 2.69 bits per heavy atom. The zero-order valence-corrected chi connectivity index (χ0v) is 21.5. The lowest BCUT2D eigenvalue weighted by molar-refractivity contribution is -0.197. The van der Waals surface area contributed by atoms with Crippen LogP contribution in [-0.2, 0) is 11.8 Å². The maximum atomic E-state index is 13.5. The monoisotopic (exact) mass is 538 g/mol. The first kappa shape index (κ1) is 22.1. The number of carbonyl (C=O) groups excluding carboxylic acids is 1. The van der Waals surface area contributed by atoms with Gasteiger partial charge in [0, 0.05) is 35.2 Å². The minimum absolute atomic E-state index is 0.0411. The number of phenolic OH excluding ortho intramolecular Hbond substituents is 1. The van der Waals surface area contributed by atoms with Gasteiger partial charge in [0.2, 0.25) is 0 Å². The lowest BCUT2D eigenvalue weighted by Gasteiger charge is -2.64. The number of nitrogens with zero attached hydrogens (tertiary/aromatic N) is 2. The minimum atomic E-state index is -0.936. The Morgan fingerprint density at radius 2 is 1.94 bits per heavy atom. The molecule has 1 saturated heterocycles. The first-order valence-electron chi connectivity index (χ1n) is 12.8. The van der Waals surface area contributed by atoms with Gasteiger partial charge < -0.3 is 19.8 Å². The largest absolute Gasteiger partial charge is 0.504 e. The van der Waals surface area contributed by atoms with E-state index in [0.29, 0.717) is 24.2 Å². The van der Waals surface area contributed by atoms with E-state index in [1.165, 1.54) is 18.4 Å². The Kier molecular flexibility index (Phi) is 4.72. The van der Waals surface area contributed by atoms with Gasteiger partial charge in [0.05, 0.1) is 17.1 Å². The summed E-state index contributed by atoms with van der Waals surface area (Å²) < 4.78 is 7.54. The van der Waals surface area contributed by atoms with Crippen molar-refractivity contribution in [2.45, 2.75) is 67.7 Å². The second-order valence-electron chi connectivity index (χ2n) is 11.3. The first-order valence-corrected chi connectivity index (χ1v) is 13.6. The van der Waals surface area contributed by atoms with Gasteiger partial charge in [-0.05, 0) is 86.9 Å². The fraction of sp³-hybridized carbons (Fsp3) is 0.536. The minimum Gasteiger partial charge on any atom is -0.504 e. The van der Waals surface area contributed by atoms with Gasteiger partial charge in [0.1, 0.15) is 6.10 Å². The molecule has 7 heteroatoms. The summed E-state index contributed by atoms with van der Waals surface area (Å²) in [5, 5.41) is 23.4. The smallest absolute Gasteiger partial charge is 0.253 e. The van der Waals surface area contributed by atoms with Gasteiger partial charge in [-0.2, -0.15) is 0 Å². The Balaban J connectivity index is 1.31. The van der Waals surface area contributed by atoms with Crippen molar-refractivity contribution in [3.63, 3.8) is 0 Å². The third kappa shape index (κ3) is 2.92. The van der Waals surface area contributed by atoms with Crippen molar-refractivity contribution in [2.75, 3.05) is 20.1 Å². The molecule has 5 aliphatic rings. The number of halogens is 1. The Morgan fingerprint density at radius 1 is 1.17 bits per heavy atom. The second kappa shape index (κ2) is 7.46. The number of hydrogen-bond donors (Lipinski definition) is 2. The van der Waals surface area contributed by atoms with E-state index in [2.05, 4.69) is 20.8 Å². The van der Waals surface area contributed by atoms with Crippen LogP contribution in [0.3, 0.4) is 0 Å². The molecule has 35 heavy (non-hydrogen) atoms. The molecule has 2 aliphatic heterocycles. The molecule has 1 unspecified atom stereocenters. The van der Waals surface area contributed by atoms with Crippen molar-refractivity contribution in [3.05, 3.63) is 57.6 Å². The predicted octanol–water partition coefficient (Wildman–Crippen LogP) is 3.86. The quantitative estimate of drug-likeness (QED) is 0.618. The highest BCUT2D eigenvalue weighted by Gasteiger charge is 2.73. The van der Waals surface area contributed by atoms with Crippen LogP contribution in [-0.4, -0.2) is 69.8 Å². The van der Waals surface area contributed by atoms with Crippen LogP contribution in [0.1, 0.15) is 53.6 Å². The zero-order valence-electron chi connectivity index (χ0n) is 19.9. The number of phenols is 1. The van der Waals surface area contributed by atoms with Gasteiger partial charge in [-0.25, -0.2) is 0 Å². The van der Waals surface area contributed by atoms with Crippen molar-refractivity contribution in [2.24, 2.45) is 5.92 Å². The van der Waals surface area contributed by atoms with Crippen LogP contribution in [0.2, 0.25) is 0 Å². The van der Waals surface area contributed by atoms with Gasteiger partial charge in [-0.15, -0.1) is 0 Å². The van der Waals surface area contributed by atoms with Crippen molar-refractivity contribution in [1.29, 1.82) is 0 Å². The third-order valence-corrected chi connectivity index (χ3v) is 10.2.